The third kappa shape index (κ3) is 5.49. The fourth-order valence-corrected chi connectivity index (χ4v) is 13.5. The SMILES string of the molecule is CC1(C)c2ccccc2-c2c(-c3ccccc3N(c3cccc(-c4cccc5c4c4ccccc4n5-c4ccccc4)c3)c3ccc4c(c3)-c3ccccc3C43c4ccccc4-c4ccccc43)cccc21. The van der Waals surface area contributed by atoms with Crippen LogP contribution in [0.15, 0.2) is 255 Å². The molecule has 0 N–H and O–H groups in total. The van der Waals surface area contributed by atoms with Crippen LogP contribution in [-0.4, -0.2) is 4.57 Å². The molecule has 0 fully saturated rings. The van der Waals surface area contributed by atoms with Crippen LogP contribution in [0.4, 0.5) is 17.1 Å². The lowest BCUT2D eigenvalue weighted by atomic mass is 9.70. The highest BCUT2D eigenvalue weighted by molar-refractivity contribution is 6.16. The lowest BCUT2D eigenvalue weighted by Gasteiger charge is -2.32. The number of nitrogens with zero attached hydrogens (tertiary/aromatic N) is 2. The number of aromatic nitrogens is 1. The molecule has 0 saturated heterocycles. The van der Waals surface area contributed by atoms with E-state index in [0.717, 1.165) is 28.3 Å². The quantitative estimate of drug-likeness (QED) is 0.161. The zero-order chi connectivity index (χ0) is 47.7. The molecule has 0 aliphatic heterocycles. The van der Waals surface area contributed by atoms with Crippen molar-refractivity contribution in [1.82, 2.24) is 4.57 Å². The van der Waals surface area contributed by atoms with Crippen LogP contribution in [0.5, 0.6) is 0 Å². The van der Waals surface area contributed by atoms with Crippen molar-refractivity contribution in [2.24, 2.45) is 0 Å². The topological polar surface area (TPSA) is 8.17 Å². The molecule has 0 unspecified atom stereocenters. The first-order valence-electron chi connectivity index (χ1n) is 25.3. The fourth-order valence-electron chi connectivity index (χ4n) is 13.5. The van der Waals surface area contributed by atoms with Gasteiger partial charge in [-0.2, -0.15) is 0 Å². The van der Waals surface area contributed by atoms with Crippen LogP contribution in [0.2, 0.25) is 0 Å². The molecule has 15 rings (SSSR count). The Hall–Kier alpha value is -8.98. The van der Waals surface area contributed by atoms with Gasteiger partial charge < -0.3 is 9.47 Å². The number of anilines is 3. The standard InChI is InChI=1S/C70H48N2/c1-69(2)58-33-12-9-29-55(58)67-54(32-19-37-63(67)69)53-28-10-16-38-64(53)71(47-24-18-21-45(43-47)49-31-20-40-66-68(49)56-30-11-17-39-65(56)72(66)46-22-4-3-5-23-46)48-41-42-62-57(44-48)52-27-8-15-36-61(52)70(62)59-34-13-6-25-50(59)51-26-7-14-35-60(51)70/h3-44H,1-2H3. The van der Waals surface area contributed by atoms with E-state index in [2.05, 4.69) is 278 Å². The van der Waals surface area contributed by atoms with Crippen LogP contribution in [-0.2, 0) is 10.8 Å². The minimum absolute atomic E-state index is 0.129. The normalized spacial score (nSPS) is 13.9. The molecule has 338 valence electrons. The van der Waals surface area contributed by atoms with E-state index in [-0.39, 0.29) is 5.41 Å². The summed E-state index contributed by atoms with van der Waals surface area (Å²) in [6.07, 6.45) is 0. The summed E-state index contributed by atoms with van der Waals surface area (Å²) in [5, 5.41) is 2.49. The minimum Gasteiger partial charge on any atom is -0.310 e. The Kier molecular flexibility index (Phi) is 8.66. The van der Waals surface area contributed by atoms with Gasteiger partial charge in [0.05, 0.1) is 22.1 Å². The van der Waals surface area contributed by atoms with Gasteiger partial charge in [-0.3, -0.25) is 0 Å². The summed E-state index contributed by atoms with van der Waals surface area (Å²) in [7, 11) is 0. The van der Waals surface area contributed by atoms with Crippen molar-refractivity contribution in [2.75, 3.05) is 4.90 Å². The second kappa shape index (κ2) is 15.3. The summed E-state index contributed by atoms with van der Waals surface area (Å²) in [5.74, 6) is 0. The molecule has 3 aliphatic rings. The van der Waals surface area contributed by atoms with Crippen LogP contribution in [0, 0.1) is 0 Å². The molecule has 72 heavy (non-hydrogen) atoms. The molecule has 2 heteroatoms. The first kappa shape index (κ1) is 40.9. The average Bonchev–Trinajstić information content (AvgIpc) is 4.12. The van der Waals surface area contributed by atoms with E-state index < -0.39 is 5.41 Å². The van der Waals surface area contributed by atoms with Gasteiger partial charge in [-0.05, 0) is 138 Å². The van der Waals surface area contributed by atoms with E-state index in [9.17, 15) is 0 Å². The summed E-state index contributed by atoms with van der Waals surface area (Å²) in [5.41, 5.74) is 27.0. The van der Waals surface area contributed by atoms with Crippen molar-refractivity contribution in [3.8, 4) is 61.3 Å². The number of fused-ring (bicyclic) bond motifs is 16. The van der Waals surface area contributed by atoms with Crippen molar-refractivity contribution >= 4 is 38.9 Å². The van der Waals surface area contributed by atoms with E-state index in [0.29, 0.717) is 0 Å². The largest absolute Gasteiger partial charge is 0.310 e. The smallest absolute Gasteiger partial charge is 0.0725 e. The maximum atomic E-state index is 2.53. The van der Waals surface area contributed by atoms with Gasteiger partial charge in [0, 0.05) is 38.8 Å². The van der Waals surface area contributed by atoms with Crippen molar-refractivity contribution < 1.29 is 0 Å². The molecule has 1 aromatic heterocycles. The van der Waals surface area contributed by atoms with Crippen LogP contribution in [0.1, 0.15) is 47.2 Å². The number of para-hydroxylation sites is 3. The second-order valence-corrected chi connectivity index (χ2v) is 20.3. The van der Waals surface area contributed by atoms with Crippen LogP contribution in [0.3, 0.4) is 0 Å². The zero-order valence-electron chi connectivity index (χ0n) is 40.1. The van der Waals surface area contributed by atoms with Gasteiger partial charge in [0.15, 0.2) is 0 Å². The van der Waals surface area contributed by atoms with Gasteiger partial charge in [0.25, 0.3) is 0 Å². The minimum atomic E-state index is -0.428. The van der Waals surface area contributed by atoms with E-state index >= 15 is 0 Å². The summed E-state index contributed by atoms with van der Waals surface area (Å²) >= 11 is 0. The van der Waals surface area contributed by atoms with Gasteiger partial charge in [0.1, 0.15) is 0 Å². The molecule has 0 bridgehead atoms. The molecular formula is C70H48N2. The molecule has 2 nitrogen and oxygen atoms in total. The van der Waals surface area contributed by atoms with Gasteiger partial charge in [0.2, 0.25) is 0 Å². The molecule has 11 aromatic carbocycles. The molecule has 0 atom stereocenters. The first-order valence-corrected chi connectivity index (χ1v) is 25.3. The maximum absolute atomic E-state index is 2.53. The van der Waals surface area contributed by atoms with Gasteiger partial charge >= 0.3 is 0 Å². The van der Waals surface area contributed by atoms with Gasteiger partial charge in [-0.1, -0.05) is 214 Å². The van der Waals surface area contributed by atoms with Gasteiger partial charge in [-0.15, -0.1) is 0 Å². The highest BCUT2D eigenvalue weighted by Gasteiger charge is 2.51. The molecule has 12 aromatic rings. The highest BCUT2D eigenvalue weighted by atomic mass is 15.1. The van der Waals surface area contributed by atoms with Crippen molar-refractivity contribution in [3.63, 3.8) is 0 Å². The predicted molar refractivity (Wildman–Crippen MR) is 300 cm³/mol. The van der Waals surface area contributed by atoms with Crippen molar-refractivity contribution in [1.29, 1.82) is 0 Å². The van der Waals surface area contributed by atoms with Crippen LogP contribution < -0.4 is 4.90 Å². The fraction of sp³-hybridized carbons (Fsp3) is 0.0571. The van der Waals surface area contributed by atoms with Crippen molar-refractivity contribution in [2.45, 2.75) is 24.7 Å². The number of hydrogen-bond donors (Lipinski definition) is 0. The molecule has 0 saturated carbocycles. The second-order valence-electron chi connectivity index (χ2n) is 20.3. The molecule has 3 aliphatic carbocycles. The number of hydrogen-bond acceptors (Lipinski definition) is 1. The van der Waals surface area contributed by atoms with E-state index in [1.165, 1.54) is 105 Å². The zero-order valence-corrected chi connectivity index (χ0v) is 40.1. The lowest BCUT2D eigenvalue weighted by molar-refractivity contribution is 0.660. The lowest BCUT2D eigenvalue weighted by Crippen LogP contribution is -2.25. The monoisotopic (exact) mass is 916 g/mol. The molecule has 0 amide bonds. The summed E-state index contributed by atoms with van der Waals surface area (Å²) in [6.45, 7) is 4.75. The van der Waals surface area contributed by atoms with Gasteiger partial charge in [-0.25, -0.2) is 0 Å². The Morgan fingerprint density at radius 3 is 1.60 bits per heavy atom. The number of rotatable bonds is 6. The Morgan fingerprint density at radius 2 is 0.847 bits per heavy atom. The predicted octanol–water partition coefficient (Wildman–Crippen LogP) is 18.2. The summed E-state index contributed by atoms with van der Waals surface area (Å²) in [4.78, 5) is 2.53. The molecule has 1 spiro atoms. The summed E-state index contributed by atoms with van der Waals surface area (Å²) < 4.78 is 2.41. The summed E-state index contributed by atoms with van der Waals surface area (Å²) in [6, 6.07) is 95.3. The van der Waals surface area contributed by atoms with Crippen LogP contribution in [0.25, 0.3) is 83.1 Å². The average molecular weight is 917 g/mol. The maximum Gasteiger partial charge on any atom is 0.0725 e. The van der Waals surface area contributed by atoms with E-state index in [4.69, 9.17) is 0 Å². The molecule has 1 heterocycles. The third-order valence-corrected chi connectivity index (χ3v) is 16.4. The van der Waals surface area contributed by atoms with E-state index in [1.807, 2.05) is 0 Å². The highest BCUT2D eigenvalue weighted by Crippen LogP contribution is 2.63. The molecule has 0 radical (unpaired) electrons. The van der Waals surface area contributed by atoms with Crippen LogP contribution >= 0.6 is 0 Å². The van der Waals surface area contributed by atoms with E-state index in [1.54, 1.807) is 0 Å². The Morgan fingerprint density at radius 1 is 0.333 bits per heavy atom. The Balaban J connectivity index is 0.985. The Labute approximate surface area is 420 Å². The van der Waals surface area contributed by atoms with Crippen molar-refractivity contribution in [3.05, 3.63) is 288 Å². The number of benzene rings is 11. The molecular weight excluding hydrogens is 869 g/mol. The Bertz CT molecular complexity index is 4160. The third-order valence-electron chi connectivity index (χ3n) is 16.4. The first-order chi connectivity index (χ1) is 35.5.